The molecular weight excluding hydrogens is 263 g/mol. The Hall–Kier alpha value is -1.69. The first kappa shape index (κ1) is 13.7. The summed E-state index contributed by atoms with van der Waals surface area (Å²) in [6.07, 6.45) is 0. The molecule has 0 aliphatic carbocycles. The van der Waals surface area contributed by atoms with E-state index < -0.39 is 0 Å². The summed E-state index contributed by atoms with van der Waals surface area (Å²) in [5, 5.41) is 8.37. The molecule has 1 aromatic carbocycles. The normalized spacial score (nSPS) is 10.5. The third-order valence-electron chi connectivity index (χ3n) is 2.79. The first-order chi connectivity index (χ1) is 9.24. The van der Waals surface area contributed by atoms with Crippen molar-refractivity contribution in [2.45, 2.75) is 20.4 Å². The van der Waals surface area contributed by atoms with E-state index in [9.17, 15) is 4.39 Å². The van der Waals surface area contributed by atoms with Crippen molar-refractivity contribution in [3.05, 3.63) is 35.8 Å². The first-order valence-corrected chi connectivity index (χ1v) is 7.07. The molecule has 0 saturated carbocycles. The Balaban J connectivity index is 2.17. The van der Waals surface area contributed by atoms with Crippen LogP contribution in [0.5, 0.6) is 0 Å². The lowest BCUT2D eigenvalue weighted by atomic mass is 10.2. The molecule has 102 valence electrons. The van der Waals surface area contributed by atoms with Gasteiger partial charge in [0.1, 0.15) is 16.5 Å². The average Bonchev–Trinajstić information content (AvgIpc) is 2.84. The fraction of sp³-hybridized carbons (Fsp3) is 0.385. The zero-order valence-electron chi connectivity index (χ0n) is 11.1. The van der Waals surface area contributed by atoms with E-state index in [1.807, 2.05) is 19.9 Å². The zero-order valence-corrected chi connectivity index (χ0v) is 11.9. The van der Waals surface area contributed by atoms with Crippen molar-refractivity contribution in [1.29, 1.82) is 0 Å². The molecule has 1 aromatic heterocycles. The minimum Gasteiger partial charge on any atom is -0.374 e. The predicted molar refractivity (Wildman–Crippen MR) is 77.2 cm³/mol. The predicted octanol–water partition coefficient (Wildman–Crippen LogP) is 3.14. The number of benzene rings is 1. The lowest BCUT2D eigenvalue weighted by molar-refractivity contribution is 0.626. The van der Waals surface area contributed by atoms with Crippen LogP contribution in [0.1, 0.15) is 19.5 Å². The van der Waals surface area contributed by atoms with Gasteiger partial charge in [-0.1, -0.05) is 10.6 Å². The third-order valence-corrected chi connectivity index (χ3v) is 3.51. The summed E-state index contributed by atoms with van der Waals surface area (Å²) < 4.78 is 17.2. The highest BCUT2D eigenvalue weighted by Gasteiger charge is 2.12. The van der Waals surface area contributed by atoms with Crippen molar-refractivity contribution in [3.8, 4) is 0 Å². The van der Waals surface area contributed by atoms with E-state index in [4.69, 9.17) is 0 Å². The van der Waals surface area contributed by atoms with Crippen molar-refractivity contribution in [1.82, 2.24) is 9.59 Å². The summed E-state index contributed by atoms with van der Waals surface area (Å²) in [6.45, 7) is 6.32. The van der Waals surface area contributed by atoms with Gasteiger partial charge in [-0.15, -0.1) is 5.10 Å². The minimum atomic E-state index is -0.223. The van der Waals surface area contributed by atoms with Gasteiger partial charge in [0.25, 0.3) is 0 Å². The van der Waals surface area contributed by atoms with Gasteiger partial charge in [-0.05, 0) is 32.0 Å². The first-order valence-electron chi connectivity index (χ1n) is 6.30. The van der Waals surface area contributed by atoms with Crippen molar-refractivity contribution in [2.75, 3.05) is 23.3 Å². The molecular formula is C13H17FN4S. The molecule has 2 aromatic rings. The van der Waals surface area contributed by atoms with Crippen LogP contribution in [0.2, 0.25) is 0 Å². The monoisotopic (exact) mass is 280 g/mol. The maximum absolute atomic E-state index is 13.3. The molecule has 1 N–H and O–H groups in total. The second-order valence-corrected chi connectivity index (χ2v) is 4.83. The molecule has 0 spiro atoms. The third kappa shape index (κ3) is 3.41. The molecule has 4 nitrogen and oxygen atoms in total. The van der Waals surface area contributed by atoms with Gasteiger partial charge in [0, 0.05) is 30.3 Å². The number of hydrogen-bond donors (Lipinski definition) is 1. The molecule has 0 radical (unpaired) electrons. The number of rotatable bonds is 6. The molecule has 0 fully saturated rings. The van der Waals surface area contributed by atoms with Crippen molar-refractivity contribution in [2.24, 2.45) is 0 Å². The van der Waals surface area contributed by atoms with Crippen molar-refractivity contribution >= 4 is 22.2 Å². The maximum Gasteiger partial charge on any atom is 0.135 e. The van der Waals surface area contributed by atoms with E-state index >= 15 is 0 Å². The molecule has 1 heterocycles. The van der Waals surface area contributed by atoms with Gasteiger partial charge in [-0.25, -0.2) is 4.39 Å². The summed E-state index contributed by atoms with van der Waals surface area (Å²) in [7, 11) is 0. The van der Waals surface area contributed by atoms with Crippen LogP contribution in [-0.4, -0.2) is 22.7 Å². The summed E-state index contributed by atoms with van der Waals surface area (Å²) >= 11 is 1.35. The fourth-order valence-corrected chi connectivity index (χ4v) is 2.49. The molecule has 0 unspecified atom stereocenters. The molecule has 0 bridgehead atoms. The van der Waals surface area contributed by atoms with Crippen molar-refractivity contribution < 1.29 is 4.39 Å². The van der Waals surface area contributed by atoms with Crippen LogP contribution in [0.3, 0.4) is 0 Å². The number of hydrogen-bond acceptors (Lipinski definition) is 5. The zero-order chi connectivity index (χ0) is 13.7. The fourth-order valence-electron chi connectivity index (χ4n) is 1.85. The number of nitrogens with one attached hydrogen (secondary N) is 1. The molecule has 2 rings (SSSR count). The van der Waals surface area contributed by atoms with Crippen LogP contribution in [0.4, 0.5) is 15.1 Å². The Morgan fingerprint density at radius 1 is 1.37 bits per heavy atom. The topological polar surface area (TPSA) is 41.1 Å². The lowest BCUT2D eigenvalue weighted by Gasteiger charge is -2.22. The number of halogens is 1. The molecule has 19 heavy (non-hydrogen) atoms. The van der Waals surface area contributed by atoms with Crippen LogP contribution in [0.25, 0.3) is 0 Å². The summed E-state index contributed by atoms with van der Waals surface area (Å²) in [4.78, 5) is 2.07. The Morgan fingerprint density at radius 3 is 2.89 bits per heavy atom. The van der Waals surface area contributed by atoms with E-state index in [1.165, 1.54) is 23.7 Å². The highest BCUT2D eigenvalue weighted by atomic mass is 32.1. The molecule has 0 aliphatic rings. The van der Waals surface area contributed by atoms with Gasteiger partial charge in [-0.2, -0.15) is 0 Å². The van der Waals surface area contributed by atoms with E-state index in [1.54, 1.807) is 6.07 Å². The summed E-state index contributed by atoms with van der Waals surface area (Å²) in [6, 6.07) is 6.61. The van der Waals surface area contributed by atoms with Crippen LogP contribution in [0.15, 0.2) is 24.3 Å². The Kier molecular flexibility index (Phi) is 4.68. The molecule has 0 amide bonds. The Labute approximate surface area is 116 Å². The number of anilines is 2. The van der Waals surface area contributed by atoms with Crippen LogP contribution < -0.4 is 10.2 Å². The van der Waals surface area contributed by atoms with Gasteiger partial charge in [0.15, 0.2) is 0 Å². The van der Waals surface area contributed by atoms with Crippen LogP contribution in [-0.2, 0) is 6.54 Å². The maximum atomic E-state index is 13.3. The standard InChI is InChI=1S/C13H17FN4S/c1-3-15-13-12(16-17-19-13)9-18(4-2)11-7-5-6-10(14)8-11/h5-8,15H,3-4,9H2,1-2H3. The quantitative estimate of drug-likeness (QED) is 0.882. The summed E-state index contributed by atoms with van der Waals surface area (Å²) in [5.41, 5.74) is 1.76. The average molecular weight is 280 g/mol. The highest BCUT2D eigenvalue weighted by molar-refractivity contribution is 7.10. The van der Waals surface area contributed by atoms with Crippen LogP contribution in [0, 0.1) is 5.82 Å². The highest BCUT2D eigenvalue weighted by Crippen LogP contribution is 2.23. The second kappa shape index (κ2) is 6.47. The van der Waals surface area contributed by atoms with E-state index in [0.717, 1.165) is 29.5 Å². The minimum absolute atomic E-state index is 0.223. The van der Waals surface area contributed by atoms with E-state index in [0.29, 0.717) is 6.54 Å². The smallest absolute Gasteiger partial charge is 0.135 e. The van der Waals surface area contributed by atoms with Gasteiger partial charge in [0.2, 0.25) is 0 Å². The largest absolute Gasteiger partial charge is 0.374 e. The molecule has 6 heteroatoms. The lowest BCUT2D eigenvalue weighted by Crippen LogP contribution is -2.23. The van der Waals surface area contributed by atoms with Gasteiger partial charge < -0.3 is 10.2 Å². The second-order valence-electron chi connectivity index (χ2n) is 4.07. The van der Waals surface area contributed by atoms with Crippen LogP contribution >= 0.6 is 11.5 Å². The van der Waals surface area contributed by atoms with Gasteiger partial charge in [-0.3, -0.25) is 0 Å². The Morgan fingerprint density at radius 2 is 2.21 bits per heavy atom. The van der Waals surface area contributed by atoms with E-state index in [-0.39, 0.29) is 5.82 Å². The molecule has 0 atom stereocenters. The number of nitrogens with zero attached hydrogens (tertiary/aromatic N) is 3. The SMILES string of the molecule is CCNc1snnc1CN(CC)c1cccc(F)c1. The molecule has 0 aliphatic heterocycles. The van der Waals surface area contributed by atoms with E-state index in [2.05, 4.69) is 19.8 Å². The van der Waals surface area contributed by atoms with Gasteiger partial charge in [0.05, 0.1) is 6.54 Å². The number of aromatic nitrogens is 2. The van der Waals surface area contributed by atoms with Gasteiger partial charge >= 0.3 is 0 Å². The Bertz CT molecular complexity index is 529. The molecule has 0 saturated heterocycles. The summed E-state index contributed by atoms with van der Waals surface area (Å²) in [5.74, 6) is -0.223. The van der Waals surface area contributed by atoms with Crippen molar-refractivity contribution in [3.63, 3.8) is 0 Å².